The number of rotatable bonds is 16. The third-order valence-electron chi connectivity index (χ3n) is 17.5. The number of carbonyl (C=O) groups is 10. The summed E-state index contributed by atoms with van der Waals surface area (Å²) in [5.74, 6) is -7.83. The van der Waals surface area contributed by atoms with Crippen LogP contribution in [0.5, 0.6) is 5.75 Å². The predicted octanol–water partition coefficient (Wildman–Crippen LogP) is 4.97. The molecule has 23 nitrogen and oxygen atoms in total. The highest BCUT2D eigenvalue weighted by Gasteiger charge is 2.45. The van der Waals surface area contributed by atoms with Gasteiger partial charge in [0, 0.05) is 55.4 Å². The molecule has 1 heterocycles. The number of phenolic OH excluding ortho intramolecular Hbond substituents is 1. The molecule has 1 aromatic rings. The minimum absolute atomic E-state index is 0.111. The maximum absolute atomic E-state index is 15.5. The molecule has 0 saturated carbocycles. The largest absolute Gasteiger partial charge is 0.508 e. The molecule has 0 spiro atoms. The van der Waals surface area contributed by atoms with Gasteiger partial charge in [0.25, 0.3) is 0 Å². The van der Waals surface area contributed by atoms with Crippen LogP contribution in [0.25, 0.3) is 6.08 Å². The molecule has 23 heteroatoms. The topological polar surface area (TPSA) is 282 Å². The number of allylic oxidation sites excluding steroid dienone is 1. The van der Waals surface area contributed by atoms with Crippen molar-refractivity contribution < 1.29 is 58.2 Å². The summed E-state index contributed by atoms with van der Waals surface area (Å²) in [7, 11) is 10.4. The molecule has 91 heavy (non-hydrogen) atoms. The van der Waals surface area contributed by atoms with E-state index in [1.807, 2.05) is 74.5 Å². The van der Waals surface area contributed by atoms with E-state index in [4.69, 9.17) is 0 Å². The first-order chi connectivity index (χ1) is 42.1. The molecule has 0 aromatic heterocycles. The molecule has 2 rings (SSSR count). The monoisotopic (exact) mass is 1280 g/mol. The van der Waals surface area contributed by atoms with Crippen molar-refractivity contribution in [2.24, 2.45) is 41.4 Å². The highest BCUT2D eigenvalue weighted by molar-refractivity contribution is 5.98. The van der Waals surface area contributed by atoms with Gasteiger partial charge in [0.2, 0.25) is 59.1 Å². The standard InChI is InChI=1S/C68H117N11O12/c1-25-50-64(87)73(18)37-55(81)74(19)51(33-38(2)3)62(85)72-56(42(10)11)67(90)75(20)52(34-39(4)5)61(84)70-46(16)60(83)71-47(17)63(86)76(21)53(35-40(6)7)65(88)77(22)54(36-41(8)9)66(89)78(23)57(43(12)13)68(91)79(24)58(45(15)69-50)59(82)44(14)27-26-28-48-29-31-49(80)32-30-48/h26,28-32,38-47,50-54,56-59,69,80,82H,25,27,33-37H2,1-24H3,(H,70,84)(H,71,83)(H,72,85)/b28-26+/t44-,45?,46+,47-,50+,51+,52+,53+,54+,56+,57+,58-,59-/m1/s1. The van der Waals surface area contributed by atoms with Gasteiger partial charge in [0.05, 0.1) is 24.7 Å². The van der Waals surface area contributed by atoms with Crippen LogP contribution in [0, 0.1) is 41.4 Å². The lowest BCUT2D eigenvalue weighted by atomic mass is 9.88. The predicted molar refractivity (Wildman–Crippen MR) is 355 cm³/mol. The highest BCUT2D eigenvalue weighted by Crippen LogP contribution is 2.27. The second kappa shape index (κ2) is 36.6. The van der Waals surface area contributed by atoms with Crippen molar-refractivity contribution in [1.29, 1.82) is 0 Å². The van der Waals surface area contributed by atoms with Crippen LogP contribution in [-0.4, -0.2) is 232 Å². The zero-order valence-corrected chi connectivity index (χ0v) is 59.5. The molecule has 0 bridgehead atoms. The first kappa shape index (κ1) is 80.5. The van der Waals surface area contributed by atoms with Crippen LogP contribution in [0.3, 0.4) is 0 Å². The molecule has 0 radical (unpaired) electrons. The van der Waals surface area contributed by atoms with Crippen LogP contribution in [0.4, 0.5) is 0 Å². The Hall–Kier alpha value is -6.62. The molecule has 1 saturated heterocycles. The zero-order valence-electron chi connectivity index (χ0n) is 59.5. The Morgan fingerprint density at radius 3 is 1.42 bits per heavy atom. The number of aliphatic hydroxyl groups is 1. The van der Waals surface area contributed by atoms with E-state index in [9.17, 15) is 43.8 Å². The molecular weight excluding hydrogens is 1160 g/mol. The summed E-state index contributed by atoms with van der Waals surface area (Å²) in [5.41, 5.74) is 0.810. The van der Waals surface area contributed by atoms with E-state index in [-0.39, 0.29) is 61.5 Å². The average molecular weight is 1280 g/mol. The molecule has 6 N–H and O–H groups in total. The average Bonchev–Trinajstić information content (AvgIpc) is 0.937. The van der Waals surface area contributed by atoms with Gasteiger partial charge in [-0.2, -0.15) is 0 Å². The zero-order chi connectivity index (χ0) is 70.0. The van der Waals surface area contributed by atoms with Crippen molar-refractivity contribution in [3.63, 3.8) is 0 Å². The molecule has 1 aliphatic rings. The molecule has 10 amide bonds. The van der Waals surface area contributed by atoms with Gasteiger partial charge in [-0.25, -0.2) is 0 Å². The van der Waals surface area contributed by atoms with E-state index >= 15 is 14.4 Å². The molecule has 0 aliphatic carbocycles. The van der Waals surface area contributed by atoms with E-state index in [0.717, 1.165) is 5.56 Å². The summed E-state index contributed by atoms with van der Waals surface area (Å²) >= 11 is 0. The van der Waals surface area contributed by atoms with E-state index in [1.54, 1.807) is 72.9 Å². The Kier molecular flexibility index (Phi) is 32.3. The smallest absolute Gasteiger partial charge is 0.245 e. The van der Waals surface area contributed by atoms with E-state index < -0.39 is 156 Å². The van der Waals surface area contributed by atoms with Gasteiger partial charge in [-0.1, -0.05) is 121 Å². The Morgan fingerprint density at radius 1 is 0.505 bits per heavy atom. The SMILES string of the molecule is CC[C@@H]1NC(C)[C@H]([C@H](O)[C@H](C)C/C=C/c2ccc(O)cc2)N(C)C(=O)[C@H](C(C)C)N(C)C(=O)[C@H](CC(C)C)N(C)C(=O)[C@H](CC(C)C)N(C)C(=O)[C@@H](C)NC(=O)[C@H](C)NC(=O)[C@H](CC(C)C)N(C)C(=O)[C@H](C(C)C)NC(=O)[C@H](CC(C)C)N(C)C(=O)CN(C)C1=O. The van der Waals surface area contributed by atoms with E-state index in [1.165, 1.54) is 90.4 Å². The molecule has 1 aromatic carbocycles. The Balaban J connectivity index is 2.99. The molecule has 13 atom stereocenters. The fourth-order valence-electron chi connectivity index (χ4n) is 11.9. The molecule has 1 aliphatic heterocycles. The number of phenols is 1. The number of benzene rings is 1. The van der Waals surface area contributed by atoms with Crippen molar-refractivity contribution in [1.82, 2.24) is 55.6 Å². The number of hydrogen-bond donors (Lipinski definition) is 6. The molecule has 516 valence electrons. The summed E-state index contributed by atoms with van der Waals surface area (Å²) in [6, 6.07) is -5.41. The second-order valence-electron chi connectivity index (χ2n) is 28.0. The van der Waals surface area contributed by atoms with Gasteiger partial charge in [-0.3, -0.25) is 47.9 Å². The van der Waals surface area contributed by atoms with Gasteiger partial charge >= 0.3 is 0 Å². The fraction of sp³-hybridized carbons (Fsp3) is 0.735. The van der Waals surface area contributed by atoms with Gasteiger partial charge in [0.1, 0.15) is 54.1 Å². The summed E-state index contributed by atoms with van der Waals surface area (Å²) in [5, 5.41) is 34.2. The van der Waals surface area contributed by atoms with Crippen LogP contribution >= 0.6 is 0 Å². The normalized spacial score (nSPS) is 26.8. The van der Waals surface area contributed by atoms with Crippen molar-refractivity contribution in [2.75, 3.05) is 55.9 Å². The Labute approximate surface area is 544 Å². The van der Waals surface area contributed by atoms with Crippen LogP contribution in [0.15, 0.2) is 30.3 Å². The van der Waals surface area contributed by atoms with Crippen molar-refractivity contribution in [3.05, 3.63) is 35.9 Å². The Morgan fingerprint density at radius 2 is 0.945 bits per heavy atom. The minimum atomic E-state index is -1.24. The van der Waals surface area contributed by atoms with Crippen LogP contribution < -0.4 is 21.3 Å². The summed E-state index contributed by atoms with van der Waals surface area (Å²) in [6.45, 7) is 30.0. The number of aromatic hydroxyl groups is 1. The maximum atomic E-state index is 15.5. The summed E-state index contributed by atoms with van der Waals surface area (Å²) in [4.78, 5) is 156. The summed E-state index contributed by atoms with van der Waals surface area (Å²) in [6.07, 6.45) is 3.76. The number of aliphatic hydroxyl groups excluding tert-OH is 1. The number of likely N-dealkylation sites (N-methyl/N-ethyl adjacent to an activating group) is 7. The maximum Gasteiger partial charge on any atom is 0.245 e. The molecule has 1 unspecified atom stereocenters. The first-order valence-electron chi connectivity index (χ1n) is 32.8. The van der Waals surface area contributed by atoms with Crippen LogP contribution in [-0.2, 0) is 47.9 Å². The number of nitrogens with one attached hydrogen (secondary N) is 4. The fourth-order valence-corrected chi connectivity index (χ4v) is 11.9. The first-order valence-corrected chi connectivity index (χ1v) is 32.8. The third kappa shape index (κ3) is 22.9. The lowest BCUT2D eigenvalue weighted by Gasteiger charge is -2.44. The quantitative estimate of drug-likeness (QED) is 0.128. The third-order valence-corrected chi connectivity index (χ3v) is 17.5. The molecular formula is C68H117N11O12. The van der Waals surface area contributed by atoms with Crippen molar-refractivity contribution in [3.8, 4) is 5.75 Å². The van der Waals surface area contributed by atoms with Crippen molar-refractivity contribution in [2.45, 2.75) is 229 Å². The minimum Gasteiger partial charge on any atom is -0.508 e. The number of carbonyl (C=O) groups excluding carboxylic acids is 10. The van der Waals surface area contributed by atoms with E-state index in [0.29, 0.717) is 6.42 Å². The Bertz CT molecular complexity index is 2630. The number of nitrogens with zero attached hydrogens (tertiary/aromatic N) is 7. The van der Waals surface area contributed by atoms with E-state index in [2.05, 4.69) is 21.3 Å². The lowest BCUT2D eigenvalue weighted by Crippen LogP contribution is -2.64. The van der Waals surface area contributed by atoms with Crippen LogP contribution in [0.2, 0.25) is 0 Å². The van der Waals surface area contributed by atoms with Gasteiger partial charge < -0.3 is 65.8 Å². The summed E-state index contributed by atoms with van der Waals surface area (Å²) < 4.78 is 0. The molecule has 1 fully saturated rings. The van der Waals surface area contributed by atoms with Crippen LogP contribution in [0.1, 0.15) is 162 Å². The highest BCUT2D eigenvalue weighted by atomic mass is 16.3. The second-order valence-corrected chi connectivity index (χ2v) is 28.0. The van der Waals surface area contributed by atoms with Crippen molar-refractivity contribution >= 4 is 65.1 Å². The number of hydrogen-bond acceptors (Lipinski definition) is 13. The van der Waals surface area contributed by atoms with Gasteiger partial charge in [-0.05, 0) is 118 Å². The lowest BCUT2D eigenvalue weighted by molar-refractivity contribution is -0.156. The van der Waals surface area contributed by atoms with Gasteiger partial charge in [0.15, 0.2) is 0 Å². The van der Waals surface area contributed by atoms with Gasteiger partial charge in [-0.15, -0.1) is 0 Å². The number of amides is 10.